The van der Waals surface area contributed by atoms with Gasteiger partial charge < -0.3 is 15.6 Å². The van der Waals surface area contributed by atoms with E-state index in [2.05, 4.69) is 38.5 Å². The molecular formula is C20H26BrN3O2. The lowest BCUT2D eigenvalue weighted by atomic mass is 9.80. The molecule has 0 radical (unpaired) electrons. The van der Waals surface area contributed by atoms with E-state index in [0.29, 0.717) is 25.1 Å². The zero-order chi connectivity index (χ0) is 18.6. The Morgan fingerprint density at radius 1 is 1.19 bits per heavy atom. The fourth-order valence-electron chi connectivity index (χ4n) is 3.66. The average Bonchev–Trinajstić information content (AvgIpc) is 3.00. The number of benzene rings is 1. The van der Waals surface area contributed by atoms with Crippen LogP contribution in [0.15, 0.2) is 28.7 Å². The lowest BCUT2D eigenvalue weighted by Gasteiger charge is -2.36. The fraction of sp³-hybridized carbons (Fsp3) is 0.500. The molecule has 1 aliphatic rings. The van der Waals surface area contributed by atoms with Gasteiger partial charge in [-0.15, -0.1) is 0 Å². The van der Waals surface area contributed by atoms with Gasteiger partial charge >= 0.3 is 0 Å². The summed E-state index contributed by atoms with van der Waals surface area (Å²) >= 11 is 3.53. The van der Waals surface area contributed by atoms with Gasteiger partial charge in [0.2, 0.25) is 5.91 Å². The Balaban J connectivity index is 1.82. The Morgan fingerprint density at radius 3 is 2.62 bits per heavy atom. The number of para-hydroxylation sites is 1. The lowest BCUT2D eigenvalue weighted by Crippen LogP contribution is -2.59. The largest absolute Gasteiger partial charge is 0.354 e. The number of amides is 2. The molecular weight excluding hydrogens is 394 g/mol. The van der Waals surface area contributed by atoms with Crippen molar-refractivity contribution in [3.63, 3.8) is 0 Å². The fourth-order valence-corrected chi connectivity index (χ4v) is 4.28. The van der Waals surface area contributed by atoms with Crippen molar-refractivity contribution in [3.05, 3.63) is 34.4 Å². The van der Waals surface area contributed by atoms with E-state index < -0.39 is 5.54 Å². The predicted octanol–water partition coefficient (Wildman–Crippen LogP) is 4.28. The van der Waals surface area contributed by atoms with Gasteiger partial charge in [-0.05, 0) is 41.3 Å². The molecule has 2 amide bonds. The highest BCUT2D eigenvalue weighted by Crippen LogP contribution is 2.31. The van der Waals surface area contributed by atoms with E-state index in [4.69, 9.17) is 0 Å². The van der Waals surface area contributed by atoms with Crippen molar-refractivity contribution in [2.24, 2.45) is 0 Å². The van der Waals surface area contributed by atoms with Crippen LogP contribution in [0.3, 0.4) is 0 Å². The third kappa shape index (κ3) is 3.80. The topological polar surface area (TPSA) is 74.0 Å². The van der Waals surface area contributed by atoms with Gasteiger partial charge in [-0.2, -0.15) is 0 Å². The van der Waals surface area contributed by atoms with Crippen molar-refractivity contribution >= 4 is 38.6 Å². The molecule has 1 aromatic carbocycles. The van der Waals surface area contributed by atoms with E-state index in [1.807, 2.05) is 24.3 Å². The number of aromatic amines is 1. The first-order chi connectivity index (χ1) is 12.6. The minimum absolute atomic E-state index is 0.0498. The second kappa shape index (κ2) is 8.25. The summed E-state index contributed by atoms with van der Waals surface area (Å²) in [5, 5.41) is 7.04. The first-order valence-electron chi connectivity index (χ1n) is 9.44. The zero-order valence-corrected chi connectivity index (χ0v) is 16.7. The van der Waals surface area contributed by atoms with E-state index in [1.54, 1.807) is 0 Å². The van der Waals surface area contributed by atoms with Crippen molar-refractivity contribution < 1.29 is 9.59 Å². The maximum Gasteiger partial charge on any atom is 0.269 e. The first-order valence-corrected chi connectivity index (χ1v) is 10.2. The minimum atomic E-state index is -0.806. The molecule has 1 heterocycles. The van der Waals surface area contributed by atoms with Crippen LogP contribution >= 0.6 is 15.9 Å². The Bertz CT molecular complexity index is 793. The van der Waals surface area contributed by atoms with Crippen LogP contribution in [0.5, 0.6) is 0 Å². The second-order valence-electron chi connectivity index (χ2n) is 7.07. The smallest absolute Gasteiger partial charge is 0.269 e. The Labute approximate surface area is 162 Å². The van der Waals surface area contributed by atoms with E-state index in [0.717, 1.165) is 47.5 Å². The van der Waals surface area contributed by atoms with Crippen LogP contribution in [0, 0.1) is 0 Å². The summed E-state index contributed by atoms with van der Waals surface area (Å²) in [6.07, 6.45) is 6.37. The molecule has 1 fully saturated rings. The van der Waals surface area contributed by atoms with Crippen molar-refractivity contribution in [1.82, 2.24) is 15.6 Å². The average molecular weight is 420 g/mol. The minimum Gasteiger partial charge on any atom is -0.354 e. The third-order valence-electron chi connectivity index (χ3n) is 5.18. The van der Waals surface area contributed by atoms with Gasteiger partial charge in [-0.3, -0.25) is 9.59 Å². The number of halogens is 1. The number of nitrogens with one attached hydrogen (secondary N) is 3. The van der Waals surface area contributed by atoms with Crippen molar-refractivity contribution in [3.8, 4) is 0 Å². The molecule has 0 saturated heterocycles. The molecule has 3 rings (SSSR count). The number of aromatic nitrogens is 1. The maximum atomic E-state index is 13.0. The van der Waals surface area contributed by atoms with Crippen LogP contribution in [0.2, 0.25) is 0 Å². The van der Waals surface area contributed by atoms with E-state index >= 15 is 0 Å². The Kier molecular flexibility index (Phi) is 6.01. The molecule has 0 unspecified atom stereocenters. The van der Waals surface area contributed by atoms with Gasteiger partial charge in [-0.1, -0.05) is 50.8 Å². The Hall–Kier alpha value is -1.82. The lowest BCUT2D eigenvalue weighted by molar-refractivity contribution is -0.128. The number of hydrogen-bond acceptors (Lipinski definition) is 2. The van der Waals surface area contributed by atoms with Gasteiger partial charge in [-0.25, -0.2) is 0 Å². The highest BCUT2D eigenvalue weighted by molar-refractivity contribution is 9.10. The van der Waals surface area contributed by atoms with Gasteiger partial charge in [0.25, 0.3) is 5.91 Å². The predicted molar refractivity (Wildman–Crippen MR) is 107 cm³/mol. The number of unbranched alkanes of at least 4 members (excludes halogenated alkanes) is 1. The van der Waals surface area contributed by atoms with Gasteiger partial charge in [0.15, 0.2) is 0 Å². The summed E-state index contributed by atoms with van der Waals surface area (Å²) < 4.78 is 0.739. The second-order valence-corrected chi connectivity index (χ2v) is 7.86. The molecule has 1 aliphatic carbocycles. The van der Waals surface area contributed by atoms with E-state index in [1.165, 1.54) is 0 Å². The van der Waals surface area contributed by atoms with Crippen LogP contribution in [-0.4, -0.2) is 28.9 Å². The summed E-state index contributed by atoms with van der Waals surface area (Å²) in [6, 6.07) is 7.76. The van der Waals surface area contributed by atoms with Crippen LogP contribution < -0.4 is 10.6 Å². The SMILES string of the molecule is CCCCNC(=O)C1(NC(=O)c2[nH]c3ccccc3c2Br)CCCCC1. The number of rotatable bonds is 6. The van der Waals surface area contributed by atoms with Crippen molar-refractivity contribution in [2.45, 2.75) is 57.4 Å². The van der Waals surface area contributed by atoms with E-state index in [9.17, 15) is 9.59 Å². The molecule has 3 N–H and O–H groups in total. The number of carbonyl (C=O) groups is 2. The molecule has 0 spiro atoms. The van der Waals surface area contributed by atoms with Gasteiger partial charge in [0.1, 0.15) is 11.2 Å². The zero-order valence-electron chi connectivity index (χ0n) is 15.2. The molecule has 0 aliphatic heterocycles. The number of H-pyrrole nitrogens is 1. The highest BCUT2D eigenvalue weighted by Gasteiger charge is 2.41. The molecule has 1 aromatic heterocycles. The summed E-state index contributed by atoms with van der Waals surface area (Å²) in [4.78, 5) is 29.0. The third-order valence-corrected chi connectivity index (χ3v) is 6.00. The summed E-state index contributed by atoms with van der Waals surface area (Å²) in [6.45, 7) is 2.75. The highest BCUT2D eigenvalue weighted by atomic mass is 79.9. The van der Waals surface area contributed by atoms with Crippen LogP contribution in [0.4, 0.5) is 0 Å². The summed E-state index contributed by atoms with van der Waals surface area (Å²) in [5.74, 6) is -0.285. The number of carbonyl (C=O) groups excluding carboxylic acids is 2. The number of fused-ring (bicyclic) bond motifs is 1. The van der Waals surface area contributed by atoms with Crippen LogP contribution in [0.25, 0.3) is 10.9 Å². The quantitative estimate of drug-likeness (QED) is 0.611. The van der Waals surface area contributed by atoms with Crippen LogP contribution in [0.1, 0.15) is 62.4 Å². The monoisotopic (exact) mass is 419 g/mol. The van der Waals surface area contributed by atoms with E-state index in [-0.39, 0.29) is 11.8 Å². The Morgan fingerprint density at radius 2 is 1.92 bits per heavy atom. The molecule has 6 heteroatoms. The molecule has 1 saturated carbocycles. The molecule has 5 nitrogen and oxygen atoms in total. The molecule has 0 atom stereocenters. The van der Waals surface area contributed by atoms with Gasteiger partial charge in [0, 0.05) is 17.4 Å². The molecule has 0 bridgehead atoms. The maximum absolute atomic E-state index is 13.0. The molecule has 140 valence electrons. The normalized spacial score (nSPS) is 16.4. The first kappa shape index (κ1) is 19.0. The van der Waals surface area contributed by atoms with Crippen LogP contribution in [-0.2, 0) is 4.79 Å². The number of hydrogen-bond donors (Lipinski definition) is 3. The standard InChI is InChI=1S/C20H26BrN3O2/c1-2-3-13-22-19(26)20(11-7-4-8-12-20)24-18(25)17-16(21)14-9-5-6-10-15(14)23-17/h5-6,9-10,23H,2-4,7-8,11-13H2,1H3,(H,22,26)(H,24,25). The molecule has 26 heavy (non-hydrogen) atoms. The van der Waals surface area contributed by atoms with Crippen molar-refractivity contribution in [2.75, 3.05) is 6.54 Å². The molecule has 2 aromatic rings. The summed E-state index contributed by atoms with van der Waals surface area (Å²) in [7, 11) is 0. The summed E-state index contributed by atoms with van der Waals surface area (Å²) in [5.41, 5.74) is 0.562. The van der Waals surface area contributed by atoms with Gasteiger partial charge in [0.05, 0.1) is 4.47 Å². The van der Waals surface area contributed by atoms with Crippen molar-refractivity contribution in [1.29, 1.82) is 0 Å².